The van der Waals surface area contributed by atoms with Crippen molar-refractivity contribution in [1.82, 2.24) is 10.2 Å². The summed E-state index contributed by atoms with van der Waals surface area (Å²) in [6.07, 6.45) is 1.20. The fourth-order valence-electron chi connectivity index (χ4n) is 1.84. The zero-order valence-corrected chi connectivity index (χ0v) is 13.6. The maximum Gasteiger partial charge on any atom is 0.331 e. The Morgan fingerprint density at radius 1 is 1.29 bits per heavy atom. The van der Waals surface area contributed by atoms with Crippen LogP contribution >= 0.6 is 23.2 Å². The Hall–Kier alpha value is -2.58. The minimum Gasteiger partial charge on any atom is -0.546 e. The highest BCUT2D eigenvalue weighted by Crippen LogP contribution is 2.35. The number of urea groups is 1. The molecule has 0 bridgehead atoms. The second-order valence-corrected chi connectivity index (χ2v) is 5.47. The van der Waals surface area contributed by atoms with Gasteiger partial charge in [0.2, 0.25) is 0 Å². The number of nitrogens with one attached hydrogen (secondary N) is 1. The summed E-state index contributed by atoms with van der Waals surface area (Å²) in [6, 6.07) is 1.81. The molecular formula is C14H9Cl2N2O6-. The van der Waals surface area contributed by atoms with E-state index in [9.17, 15) is 24.3 Å². The first-order chi connectivity index (χ1) is 11.2. The highest BCUT2D eigenvalue weighted by Gasteiger charge is 2.33. The number of imide groups is 2. The van der Waals surface area contributed by atoms with Crippen LogP contribution in [0.2, 0.25) is 10.0 Å². The summed E-state index contributed by atoms with van der Waals surface area (Å²) in [6.45, 7) is -0.742. The highest BCUT2D eigenvalue weighted by atomic mass is 35.5. The van der Waals surface area contributed by atoms with E-state index in [1.54, 1.807) is 0 Å². The van der Waals surface area contributed by atoms with E-state index in [2.05, 4.69) is 0 Å². The SMILES string of the molecule is CN1C(=O)NC(=O)/C(=C\c2cc(Cl)c(OCC(=O)[O-])c(Cl)c2)C1=O. The molecule has 1 aliphatic rings. The quantitative estimate of drug-likeness (QED) is 0.597. The molecule has 1 heterocycles. The highest BCUT2D eigenvalue weighted by molar-refractivity contribution is 6.37. The Labute approximate surface area is 145 Å². The van der Waals surface area contributed by atoms with Crippen LogP contribution in [0.4, 0.5) is 4.79 Å². The van der Waals surface area contributed by atoms with Gasteiger partial charge in [-0.3, -0.25) is 19.8 Å². The van der Waals surface area contributed by atoms with Crippen molar-refractivity contribution < 1.29 is 29.0 Å². The number of amides is 4. The predicted molar refractivity (Wildman–Crippen MR) is 81.2 cm³/mol. The van der Waals surface area contributed by atoms with Crippen molar-refractivity contribution in [2.45, 2.75) is 0 Å². The molecule has 10 heteroatoms. The van der Waals surface area contributed by atoms with Gasteiger partial charge < -0.3 is 14.6 Å². The lowest BCUT2D eigenvalue weighted by Gasteiger charge is -2.22. The van der Waals surface area contributed by atoms with Crippen LogP contribution in [0.3, 0.4) is 0 Å². The van der Waals surface area contributed by atoms with E-state index in [4.69, 9.17) is 27.9 Å². The van der Waals surface area contributed by atoms with Crippen molar-refractivity contribution in [2.24, 2.45) is 0 Å². The summed E-state index contributed by atoms with van der Waals surface area (Å²) < 4.78 is 4.90. The Morgan fingerprint density at radius 2 is 1.88 bits per heavy atom. The molecule has 24 heavy (non-hydrogen) atoms. The average Bonchev–Trinajstić information content (AvgIpc) is 2.48. The number of carbonyl (C=O) groups is 4. The molecular weight excluding hydrogens is 363 g/mol. The number of likely N-dealkylation sites (N-methyl/N-ethyl adjacent to an activating group) is 1. The number of hydrogen-bond donors (Lipinski definition) is 1. The third-order valence-electron chi connectivity index (χ3n) is 2.97. The maximum atomic E-state index is 12.0. The molecule has 0 atom stereocenters. The molecule has 0 aliphatic carbocycles. The summed E-state index contributed by atoms with van der Waals surface area (Å²) in [5, 5.41) is 12.4. The number of barbiturate groups is 1. The number of rotatable bonds is 4. The van der Waals surface area contributed by atoms with Gasteiger partial charge in [0, 0.05) is 7.05 Å². The van der Waals surface area contributed by atoms with Gasteiger partial charge in [-0.2, -0.15) is 0 Å². The van der Waals surface area contributed by atoms with Gasteiger partial charge >= 0.3 is 6.03 Å². The largest absolute Gasteiger partial charge is 0.546 e. The van der Waals surface area contributed by atoms with E-state index in [0.717, 1.165) is 4.90 Å². The Balaban J connectivity index is 2.36. The van der Waals surface area contributed by atoms with Crippen molar-refractivity contribution in [2.75, 3.05) is 13.7 Å². The number of carbonyl (C=O) groups excluding carboxylic acids is 4. The van der Waals surface area contributed by atoms with Gasteiger partial charge in [0.25, 0.3) is 11.8 Å². The molecule has 0 unspecified atom stereocenters. The molecule has 0 saturated carbocycles. The van der Waals surface area contributed by atoms with Crippen LogP contribution in [-0.2, 0) is 14.4 Å². The fourth-order valence-corrected chi connectivity index (χ4v) is 2.46. The summed E-state index contributed by atoms with van der Waals surface area (Å²) in [7, 11) is 1.22. The van der Waals surface area contributed by atoms with E-state index in [1.165, 1.54) is 25.3 Å². The lowest BCUT2D eigenvalue weighted by Crippen LogP contribution is -2.52. The molecule has 1 aromatic carbocycles. The van der Waals surface area contributed by atoms with Crippen LogP contribution in [0.25, 0.3) is 6.08 Å². The molecule has 2 rings (SSSR count). The maximum absolute atomic E-state index is 12.0. The van der Waals surface area contributed by atoms with Crippen LogP contribution in [0, 0.1) is 0 Å². The molecule has 8 nitrogen and oxygen atoms in total. The molecule has 1 aliphatic heterocycles. The van der Waals surface area contributed by atoms with Gasteiger partial charge in [-0.15, -0.1) is 0 Å². The average molecular weight is 372 g/mol. The number of hydrogen-bond acceptors (Lipinski definition) is 6. The van der Waals surface area contributed by atoms with Gasteiger partial charge in [0.1, 0.15) is 12.2 Å². The van der Waals surface area contributed by atoms with Crippen LogP contribution < -0.4 is 15.2 Å². The van der Waals surface area contributed by atoms with E-state index in [-0.39, 0.29) is 26.9 Å². The number of halogens is 2. The molecule has 0 aromatic heterocycles. The summed E-state index contributed by atoms with van der Waals surface area (Å²) in [5.41, 5.74) is -0.000290. The first-order valence-electron chi connectivity index (χ1n) is 6.37. The van der Waals surface area contributed by atoms with E-state index >= 15 is 0 Å². The van der Waals surface area contributed by atoms with Crippen molar-refractivity contribution in [3.63, 3.8) is 0 Å². The van der Waals surface area contributed by atoms with Crippen LogP contribution in [0.1, 0.15) is 5.56 Å². The van der Waals surface area contributed by atoms with Gasteiger partial charge in [-0.05, 0) is 23.8 Å². The standard InChI is InChI=1S/C14H10Cl2N2O6/c1-18-13(22)7(12(21)17-14(18)23)2-6-3-8(15)11(9(16)4-6)24-5-10(19)20/h2-4H,5H2,1H3,(H,19,20)(H,17,21,23)/p-1/b7-2+. The van der Waals surface area contributed by atoms with E-state index < -0.39 is 30.4 Å². The zero-order valence-electron chi connectivity index (χ0n) is 12.1. The van der Waals surface area contributed by atoms with Crippen molar-refractivity contribution in [3.05, 3.63) is 33.3 Å². The second-order valence-electron chi connectivity index (χ2n) is 4.66. The van der Waals surface area contributed by atoms with Gasteiger partial charge in [-0.25, -0.2) is 4.79 Å². The van der Waals surface area contributed by atoms with Gasteiger partial charge in [-0.1, -0.05) is 23.2 Å². The van der Waals surface area contributed by atoms with Crippen molar-refractivity contribution >= 4 is 53.1 Å². The number of aliphatic carboxylic acids is 1. The molecule has 1 fully saturated rings. The number of carboxylic acids is 1. The molecule has 0 spiro atoms. The van der Waals surface area contributed by atoms with Gasteiger partial charge in [0.15, 0.2) is 5.75 Å². The molecule has 1 saturated heterocycles. The number of carboxylic acid groups (broad SMARTS) is 1. The third-order valence-corrected chi connectivity index (χ3v) is 3.53. The van der Waals surface area contributed by atoms with E-state index in [0.29, 0.717) is 0 Å². The van der Waals surface area contributed by atoms with Crippen molar-refractivity contribution in [1.29, 1.82) is 0 Å². The molecule has 126 valence electrons. The predicted octanol–water partition coefficient (Wildman–Crippen LogP) is 0.214. The first kappa shape index (κ1) is 17.8. The summed E-state index contributed by atoms with van der Waals surface area (Å²) in [4.78, 5) is 46.2. The lowest BCUT2D eigenvalue weighted by molar-refractivity contribution is -0.307. The van der Waals surface area contributed by atoms with Gasteiger partial charge in [0.05, 0.1) is 16.0 Å². The van der Waals surface area contributed by atoms with Crippen LogP contribution in [-0.4, -0.2) is 42.4 Å². The minimum absolute atomic E-state index is 0.0244. The van der Waals surface area contributed by atoms with E-state index in [1.807, 2.05) is 5.32 Å². The van der Waals surface area contributed by atoms with Crippen molar-refractivity contribution in [3.8, 4) is 5.75 Å². The third kappa shape index (κ3) is 3.66. The smallest absolute Gasteiger partial charge is 0.331 e. The normalized spacial score (nSPS) is 16.4. The molecule has 0 radical (unpaired) electrons. The minimum atomic E-state index is -1.45. The fraction of sp³-hybridized carbons (Fsp3) is 0.143. The monoisotopic (exact) mass is 371 g/mol. The second kappa shape index (κ2) is 6.90. The number of ether oxygens (including phenoxy) is 1. The zero-order chi connectivity index (χ0) is 18.0. The molecule has 4 amide bonds. The summed E-state index contributed by atoms with van der Waals surface area (Å²) >= 11 is 11.9. The Bertz CT molecular complexity index is 766. The Kier molecular flexibility index (Phi) is 5.10. The lowest BCUT2D eigenvalue weighted by atomic mass is 10.1. The number of nitrogens with zero attached hydrogens (tertiary/aromatic N) is 1. The Morgan fingerprint density at radius 3 is 2.42 bits per heavy atom. The number of benzene rings is 1. The molecule has 1 N–H and O–H groups in total. The molecule has 1 aromatic rings. The topological polar surface area (TPSA) is 116 Å². The van der Waals surface area contributed by atoms with Crippen LogP contribution in [0.15, 0.2) is 17.7 Å². The first-order valence-corrected chi connectivity index (χ1v) is 7.13. The summed E-state index contributed by atoms with van der Waals surface area (Å²) in [5.74, 6) is -3.16. The van der Waals surface area contributed by atoms with Crippen LogP contribution in [0.5, 0.6) is 5.75 Å².